The minimum absolute atomic E-state index is 0.0854. The molecule has 0 spiro atoms. The van der Waals surface area contributed by atoms with Crippen LogP contribution in [0.3, 0.4) is 0 Å². The van der Waals surface area contributed by atoms with Crippen LogP contribution in [0, 0.1) is 6.92 Å². The fourth-order valence-electron chi connectivity index (χ4n) is 3.31. The van der Waals surface area contributed by atoms with E-state index in [0.717, 1.165) is 10.6 Å². The molecule has 1 aromatic carbocycles. The number of ether oxygens (including phenoxy) is 2. The molecule has 2 aromatic heterocycles. The van der Waals surface area contributed by atoms with Crippen LogP contribution < -0.4 is 10.1 Å². The van der Waals surface area contributed by atoms with E-state index in [1.54, 1.807) is 13.0 Å². The monoisotopic (exact) mass is 516 g/mol. The Morgan fingerprint density at radius 2 is 1.86 bits per heavy atom. The van der Waals surface area contributed by atoms with Crippen LogP contribution in [0.15, 0.2) is 35.5 Å². The second kappa shape index (κ2) is 11.7. The maximum Gasteiger partial charge on any atom is 0.341 e. The molecule has 0 bridgehead atoms. The smallest absolute Gasteiger partial charge is 0.341 e. The number of nitrogens with one attached hydrogen (secondary N) is 1. The van der Waals surface area contributed by atoms with E-state index in [9.17, 15) is 9.59 Å². The predicted molar refractivity (Wildman–Crippen MR) is 140 cm³/mol. The largest absolute Gasteiger partial charge is 0.486 e. The zero-order valence-electron chi connectivity index (χ0n) is 21.0. The highest BCUT2D eigenvalue weighted by molar-refractivity contribution is 7.99. The predicted octanol–water partition coefficient (Wildman–Crippen LogP) is 5.45. The number of hydrogen-bond donors (Lipinski definition) is 1. The maximum absolute atomic E-state index is 12.6. The van der Waals surface area contributed by atoms with Crippen LogP contribution in [0.25, 0.3) is 0 Å². The van der Waals surface area contributed by atoms with Crippen molar-refractivity contribution in [3.63, 3.8) is 0 Å². The lowest BCUT2D eigenvalue weighted by Crippen LogP contribution is -2.16. The number of anilines is 1. The van der Waals surface area contributed by atoms with Crippen LogP contribution in [-0.4, -0.2) is 39.0 Å². The highest BCUT2D eigenvalue weighted by Crippen LogP contribution is 2.29. The molecule has 35 heavy (non-hydrogen) atoms. The summed E-state index contributed by atoms with van der Waals surface area (Å²) in [6.45, 7) is 13.3. The van der Waals surface area contributed by atoms with E-state index in [1.165, 1.54) is 28.7 Å². The standard InChI is InChI=1S/C25H32N4O4S2/c1-7-29-20(14-33-18-11-9-17(10-12-18)25(4,5)6)27-28-24(29)34-15-21(30)26-22-19(13-16(3)35-22)23(31)32-8-2/h9-13H,7-8,14-15H2,1-6H3,(H,26,30). The first-order chi connectivity index (χ1) is 16.6. The van der Waals surface area contributed by atoms with Crippen molar-refractivity contribution in [1.29, 1.82) is 0 Å². The fraction of sp³-hybridized carbons (Fsp3) is 0.440. The zero-order chi connectivity index (χ0) is 25.6. The highest BCUT2D eigenvalue weighted by Gasteiger charge is 2.19. The number of aryl methyl sites for hydroxylation is 1. The molecule has 0 saturated carbocycles. The zero-order valence-corrected chi connectivity index (χ0v) is 22.6. The van der Waals surface area contributed by atoms with Crippen LogP contribution in [-0.2, 0) is 28.1 Å². The summed E-state index contributed by atoms with van der Waals surface area (Å²) in [6, 6.07) is 9.79. The van der Waals surface area contributed by atoms with Crippen molar-refractivity contribution in [2.45, 2.75) is 65.3 Å². The van der Waals surface area contributed by atoms with E-state index in [0.29, 0.717) is 28.1 Å². The van der Waals surface area contributed by atoms with Gasteiger partial charge in [-0.1, -0.05) is 44.7 Å². The summed E-state index contributed by atoms with van der Waals surface area (Å²) in [7, 11) is 0. The molecular formula is C25H32N4O4S2. The normalized spacial score (nSPS) is 11.4. The third kappa shape index (κ3) is 7.08. The van der Waals surface area contributed by atoms with E-state index in [2.05, 4.69) is 48.4 Å². The molecule has 8 nitrogen and oxygen atoms in total. The summed E-state index contributed by atoms with van der Waals surface area (Å²) in [5.74, 6) is 0.912. The van der Waals surface area contributed by atoms with E-state index in [-0.39, 0.29) is 30.3 Å². The number of benzene rings is 1. The summed E-state index contributed by atoms with van der Waals surface area (Å²) >= 11 is 2.63. The van der Waals surface area contributed by atoms with Gasteiger partial charge in [0.25, 0.3) is 0 Å². The van der Waals surface area contributed by atoms with Crippen molar-refractivity contribution in [3.05, 3.63) is 52.2 Å². The summed E-state index contributed by atoms with van der Waals surface area (Å²) in [4.78, 5) is 25.6. The minimum Gasteiger partial charge on any atom is -0.486 e. The molecule has 2 heterocycles. The van der Waals surface area contributed by atoms with Crippen LogP contribution in [0.4, 0.5) is 5.00 Å². The molecule has 3 rings (SSSR count). The van der Waals surface area contributed by atoms with Crippen molar-refractivity contribution in [1.82, 2.24) is 14.8 Å². The van der Waals surface area contributed by atoms with Crippen molar-refractivity contribution >= 4 is 40.0 Å². The van der Waals surface area contributed by atoms with Gasteiger partial charge < -0.3 is 19.4 Å². The Morgan fingerprint density at radius 3 is 2.49 bits per heavy atom. The lowest BCUT2D eigenvalue weighted by atomic mass is 9.87. The number of thiophene rings is 1. The molecule has 0 radical (unpaired) electrons. The maximum atomic E-state index is 12.6. The van der Waals surface area contributed by atoms with Crippen LogP contribution in [0.2, 0.25) is 0 Å². The fourth-order valence-corrected chi connectivity index (χ4v) is 5.05. The Kier molecular flexibility index (Phi) is 8.96. The molecule has 0 unspecified atom stereocenters. The molecule has 0 aliphatic rings. The Hall–Kier alpha value is -2.85. The van der Waals surface area contributed by atoms with E-state index >= 15 is 0 Å². The third-order valence-electron chi connectivity index (χ3n) is 5.13. The number of aromatic nitrogens is 3. The first-order valence-corrected chi connectivity index (χ1v) is 13.3. The highest BCUT2D eigenvalue weighted by atomic mass is 32.2. The number of carbonyl (C=O) groups is 2. The van der Waals surface area contributed by atoms with Gasteiger partial charge in [0.2, 0.25) is 5.91 Å². The summed E-state index contributed by atoms with van der Waals surface area (Å²) in [5.41, 5.74) is 1.70. The Labute approximate surface area is 214 Å². The molecule has 188 valence electrons. The van der Waals surface area contributed by atoms with Gasteiger partial charge in [0.05, 0.1) is 17.9 Å². The first-order valence-electron chi connectivity index (χ1n) is 11.5. The molecule has 10 heteroatoms. The van der Waals surface area contributed by atoms with Gasteiger partial charge in [0, 0.05) is 11.4 Å². The number of thioether (sulfide) groups is 1. The van der Waals surface area contributed by atoms with E-state index < -0.39 is 5.97 Å². The number of esters is 1. The van der Waals surface area contributed by atoms with Crippen molar-refractivity contribution in [2.24, 2.45) is 0 Å². The molecule has 1 N–H and O–H groups in total. The molecule has 0 fully saturated rings. The Bertz CT molecular complexity index is 1160. The van der Waals surface area contributed by atoms with Gasteiger partial charge in [0.1, 0.15) is 17.4 Å². The molecule has 0 aliphatic carbocycles. The second-order valence-electron chi connectivity index (χ2n) is 8.86. The molecule has 1 amide bonds. The summed E-state index contributed by atoms with van der Waals surface area (Å²) in [6.07, 6.45) is 0. The van der Waals surface area contributed by atoms with Gasteiger partial charge in [0.15, 0.2) is 11.0 Å². The molecule has 3 aromatic rings. The van der Waals surface area contributed by atoms with Gasteiger partial charge >= 0.3 is 5.97 Å². The lowest BCUT2D eigenvalue weighted by Gasteiger charge is -2.19. The number of hydrogen-bond acceptors (Lipinski definition) is 8. The number of amides is 1. The molecule has 0 atom stereocenters. The van der Waals surface area contributed by atoms with Crippen LogP contribution in [0.1, 0.15) is 61.2 Å². The van der Waals surface area contributed by atoms with Gasteiger partial charge in [-0.3, -0.25) is 4.79 Å². The third-order valence-corrected chi connectivity index (χ3v) is 7.07. The van der Waals surface area contributed by atoms with Crippen molar-refractivity contribution < 1.29 is 19.1 Å². The van der Waals surface area contributed by atoms with Gasteiger partial charge in [-0.25, -0.2) is 4.79 Å². The first kappa shape index (κ1) is 26.7. The van der Waals surface area contributed by atoms with Gasteiger partial charge in [-0.05, 0) is 49.9 Å². The average Bonchev–Trinajstić information content (AvgIpc) is 3.38. The van der Waals surface area contributed by atoms with E-state index in [4.69, 9.17) is 9.47 Å². The minimum atomic E-state index is -0.441. The number of nitrogens with zero attached hydrogens (tertiary/aromatic N) is 3. The van der Waals surface area contributed by atoms with E-state index in [1.807, 2.05) is 30.5 Å². The molecular weight excluding hydrogens is 484 g/mol. The van der Waals surface area contributed by atoms with Crippen molar-refractivity contribution in [3.8, 4) is 5.75 Å². The number of rotatable bonds is 10. The molecule has 0 saturated heterocycles. The lowest BCUT2D eigenvalue weighted by molar-refractivity contribution is -0.113. The van der Waals surface area contributed by atoms with Crippen LogP contribution in [0.5, 0.6) is 5.75 Å². The molecule has 0 aliphatic heterocycles. The quantitative estimate of drug-likeness (QED) is 0.283. The SMILES string of the molecule is CCOC(=O)c1cc(C)sc1NC(=O)CSc1nnc(COc2ccc(C(C)(C)C)cc2)n1CC. The van der Waals surface area contributed by atoms with Gasteiger partial charge in [-0.2, -0.15) is 0 Å². The Balaban J connectivity index is 1.59. The Morgan fingerprint density at radius 1 is 1.14 bits per heavy atom. The van der Waals surface area contributed by atoms with Gasteiger partial charge in [-0.15, -0.1) is 21.5 Å². The topological polar surface area (TPSA) is 95.3 Å². The van der Waals surface area contributed by atoms with Crippen molar-refractivity contribution in [2.75, 3.05) is 17.7 Å². The number of carbonyl (C=O) groups excluding carboxylic acids is 2. The van der Waals surface area contributed by atoms with Crippen LogP contribution >= 0.6 is 23.1 Å². The average molecular weight is 517 g/mol. The second-order valence-corrected chi connectivity index (χ2v) is 11.1. The summed E-state index contributed by atoms with van der Waals surface area (Å²) < 4.78 is 12.9. The summed E-state index contributed by atoms with van der Waals surface area (Å²) in [5, 5.41) is 12.5.